The summed E-state index contributed by atoms with van der Waals surface area (Å²) in [6, 6.07) is 0.541. The molecule has 1 fully saturated rings. The van der Waals surface area contributed by atoms with Gasteiger partial charge in [-0.3, -0.25) is 9.59 Å². The molecule has 0 N–H and O–H groups in total. The zero-order valence-corrected chi connectivity index (χ0v) is 10.7. The van der Waals surface area contributed by atoms with E-state index in [2.05, 4.69) is 0 Å². The van der Waals surface area contributed by atoms with Crippen molar-refractivity contribution in [1.82, 2.24) is 9.80 Å². The number of likely N-dealkylation sites (tertiary alicyclic amines) is 1. The Morgan fingerprint density at radius 3 is 2.00 bits per heavy atom. The first kappa shape index (κ1) is 13.0. The Hall–Kier alpha value is -1.06. The Kier molecular flexibility index (Phi) is 4.33. The molecule has 0 radical (unpaired) electrons. The van der Waals surface area contributed by atoms with Crippen molar-refractivity contribution in [2.45, 2.75) is 52.6 Å². The van der Waals surface area contributed by atoms with E-state index in [4.69, 9.17) is 0 Å². The number of carbonyl (C=O) groups excluding carboxylic acids is 2. The van der Waals surface area contributed by atoms with Crippen molar-refractivity contribution < 1.29 is 9.59 Å². The number of nitrogens with zero attached hydrogens (tertiary/aromatic N) is 2. The number of rotatable bonds is 2. The van der Waals surface area contributed by atoms with E-state index in [9.17, 15) is 9.59 Å². The molecule has 0 atom stereocenters. The Morgan fingerprint density at radius 2 is 1.69 bits per heavy atom. The smallest absolute Gasteiger partial charge is 0.219 e. The molecule has 0 spiro atoms. The highest BCUT2D eigenvalue weighted by Gasteiger charge is 2.28. The van der Waals surface area contributed by atoms with E-state index in [0.29, 0.717) is 6.04 Å². The molecule has 1 aliphatic rings. The van der Waals surface area contributed by atoms with Crippen molar-refractivity contribution in [1.29, 1.82) is 0 Å². The minimum atomic E-state index is 0.135. The average molecular weight is 226 g/mol. The van der Waals surface area contributed by atoms with Gasteiger partial charge in [0.05, 0.1) is 0 Å². The molecule has 1 saturated heterocycles. The van der Waals surface area contributed by atoms with E-state index < -0.39 is 0 Å². The summed E-state index contributed by atoms with van der Waals surface area (Å²) in [7, 11) is 0. The molecule has 0 aliphatic carbocycles. The largest absolute Gasteiger partial charge is 0.343 e. The lowest BCUT2D eigenvalue weighted by Gasteiger charge is -2.40. The van der Waals surface area contributed by atoms with Gasteiger partial charge in [0.2, 0.25) is 11.8 Å². The monoisotopic (exact) mass is 226 g/mol. The van der Waals surface area contributed by atoms with E-state index in [1.165, 1.54) is 0 Å². The maximum Gasteiger partial charge on any atom is 0.219 e. The number of hydrogen-bond donors (Lipinski definition) is 0. The van der Waals surface area contributed by atoms with Crippen molar-refractivity contribution in [2.75, 3.05) is 13.1 Å². The van der Waals surface area contributed by atoms with Crippen LogP contribution in [0.5, 0.6) is 0 Å². The van der Waals surface area contributed by atoms with Crippen LogP contribution in [-0.4, -0.2) is 46.8 Å². The maximum absolute atomic E-state index is 11.5. The minimum absolute atomic E-state index is 0.135. The van der Waals surface area contributed by atoms with Gasteiger partial charge >= 0.3 is 0 Å². The van der Waals surface area contributed by atoms with Crippen LogP contribution >= 0.6 is 0 Å². The molecule has 16 heavy (non-hydrogen) atoms. The van der Waals surface area contributed by atoms with Gasteiger partial charge < -0.3 is 9.80 Å². The van der Waals surface area contributed by atoms with Crippen LogP contribution in [0, 0.1) is 0 Å². The second-order valence-corrected chi connectivity index (χ2v) is 4.76. The molecule has 0 aromatic carbocycles. The molecule has 2 amide bonds. The molecule has 0 aromatic heterocycles. The molecule has 0 bridgehead atoms. The fourth-order valence-corrected chi connectivity index (χ4v) is 2.50. The summed E-state index contributed by atoms with van der Waals surface area (Å²) < 4.78 is 0. The maximum atomic E-state index is 11.5. The highest BCUT2D eigenvalue weighted by Crippen LogP contribution is 2.19. The van der Waals surface area contributed by atoms with Crippen LogP contribution in [0.4, 0.5) is 0 Å². The van der Waals surface area contributed by atoms with Gasteiger partial charge in [-0.1, -0.05) is 0 Å². The summed E-state index contributed by atoms with van der Waals surface area (Å²) in [5, 5.41) is 0. The van der Waals surface area contributed by atoms with Crippen LogP contribution < -0.4 is 0 Å². The Bertz CT molecular complexity index is 268. The molecule has 4 nitrogen and oxygen atoms in total. The van der Waals surface area contributed by atoms with E-state index in [-0.39, 0.29) is 17.9 Å². The summed E-state index contributed by atoms with van der Waals surface area (Å²) in [4.78, 5) is 26.5. The van der Waals surface area contributed by atoms with Gasteiger partial charge in [0.1, 0.15) is 0 Å². The molecular formula is C12H22N2O2. The lowest BCUT2D eigenvalue weighted by Crippen LogP contribution is -2.50. The lowest BCUT2D eigenvalue weighted by molar-refractivity contribution is -0.135. The summed E-state index contributed by atoms with van der Waals surface area (Å²) in [6.45, 7) is 8.85. The second kappa shape index (κ2) is 5.32. The fourth-order valence-electron chi connectivity index (χ4n) is 2.50. The third kappa shape index (κ3) is 2.97. The third-order valence-electron chi connectivity index (χ3n) is 3.22. The van der Waals surface area contributed by atoms with Crippen LogP contribution in [0.15, 0.2) is 0 Å². The number of amides is 2. The summed E-state index contributed by atoms with van der Waals surface area (Å²) in [6.07, 6.45) is 1.80. The third-order valence-corrected chi connectivity index (χ3v) is 3.22. The van der Waals surface area contributed by atoms with Crippen molar-refractivity contribution in [3.63, 3.8) is 0 Å². The predicted octanol–water partition coefficient (Wildman–Crippen LogP) is 1.25. The van der Waals surface area contributed by atoms with Gasteiger partial charge in [0.25, 0.3) is 0 Å². The van der Waals surface area contributed by atoms with E-state index in [0.717, 1.165) is 25.9 Å². The van der Waals surface area contributed by atoms with Gasteiger partial charge in [-0.15, -0.1) is 0 Å². The average Bonchev–Trinajstić information content (AvgIpc) is 2.17. The second-order valence-electron chi connectivity index (χ2n) is 4.76. The molecule has 0 unspecified atom stereocenters. The van der Waals surface area contributed by atoms with Crippen molar-refractivity contribution >= 4 is 11.8 Å². The minimum Gasteiger partial charge on any atom is -0.343 e. The van der Waals surface area contributed by atoms with Crippen molar-refractivity contribution in [3.8, 4) is 0 Å². The zero-order valence-electron chi connectivity index (χ0n) is 10.7. The molecule has 1 rings (SSSR count). The molecular weight excluding hydrogens is 204 g/mol. The molecule has 0 saturated carbocycles. The van der Waals surface area contributed by atoms with Crippen molar-refractivity contribution in [3.05, 3.63) is 0 Å². The van der Waals surface area contributed by atoms with Gasteiger partial charge in [0, 0.05) is 39.0 Å². The normalized spacial score (nSPS) is 17.7. The quantitative estimate of drug-likeness (QED) is 0.711. The number of carbonyl (C=O) groups is 2. The molecule has 0 aromatic rings. The van der Waals surface area contributed by atoms with Crippen LogP contribution in [0.3, 0.4) is 0 Å². The SMILES string of the molecule is CC(=O)N1CCC(N(C(C)=O)C(C)C)CC1. The fraction of sp³-hybridized carbons (Fsp3) is 0.833. The van der Waals surface area contributed by atoms with Crippen LogP contribution in [0.1, 0.15) is 40.5 Å². The number of piperidine rings is 1. The molecule has 1 aliphatic heterocycles. The predicted molar refractivity (Wildman–Crippen MR) is 62.9 cm³/mol. The molecule has 1 heterocycles. The first-order valence-electron chi connectivity index (χ1n) is 5.98. The Labute approximate surface area is 97.6 Å². The lowest BCUT2D eigenvalue weighted by atomic mass is 10.0. The highest BCUT2D eigenvalue weighted by atomic mass is 16.2. The van der Waals surface area contributed by atoms with Gasteiger partial charge in [-0.25, -0.2) is 0 Å². The highest BCUT2D eigenvalue weighted by molar-refractivity contribution is 5.74. The Balaban J connectivity index is 2.57. The van der Waals surface area contributed by atoms with Crippen molar-refractivity contribution in [2.24, 2.45) is 0 Å². The topological polar surface area (TPSA) is 40.6 Å². The summed E-state index contributed by atoms with van der Waals surface area (Å²) in [5.41, 5.74) is 0. The van der Waals surface area contributed by atoms with Gasteiger partial charge in [-0.05, 0) is 26.7 Å². The standard InChI is InChI=1S/C12H22N2O2/c1-9(2)14(11(4)16)12-5-7-13(8-6-12)10(3)15/h9,12H,5-8H2,1-4H3. The summed E-state index contributed by atoms with van der Waals surface area (Å²) in [5.74, 6) is 0.272. The van der Waals surface area contributed by atoms with Crippen LogP contribution in [-0.2, 0) is 9.59 Å². The van der Waals surface area contributed by atoms with Crippen LogP contribution in [0.2, 0.25) is 0 Å². The van der Waals surface area contributed by atoms with E-state index in [1.54, 1.807) is 13.8 Å². The van der Waals surface area contributed by atoms with Gasteiger partial charge in [0.15, 0.2) is 0 Å². The number of hydrogen-bond acceptors (Lipinski definition) is 2. The van der Waals surface area contributed by atoms with E-state index >= 15 is 0 Å². The zero-order chi connectivity index (χ0) is 12.3. The first-order valence-corrected chi connectivity index (χ1v) is 5.98. The van der Waals surface area contributed by atoms with E-state index in [1.807, 2.05) is 23.6 Å². The summed E-state index contributed by atoms with van der Waals surface area (Å²) >= 11 is 0. The molecule has 4 heteroatoms. The van der Waals surface area contributed by atoms with Gasteiger partial charge in [-0.2, -0.15) is 0 Å². The Morgan fingerprint density at radius 1 is 1.19 bits per heavy atom. The van der Waals surface area contributed by atoms with Crippen LogP contribution in [0.25, 0.3) is 0 Å². The first-order chi connectivity index (χ1) is 7.43. The molecule has 92 valence electrons.